The highest BCUT2D eigenvalue weighted by Gasteiger charge is 2.80. The largest absolute Gasteiger partial charge is 0.465 e. The van der Waals surface area contributed by atoms with E-state index in [1.807, 2.05) is 32.9 Å². The standard InChI is InChI=1S/C32H43ClN2O6/c1-6-8-12-19-40-30(39)25-24-28(37)35(17-10-9-11-18-36)27(32(24)20-22(4)31(25,5)41-32)29(38)34(16-7-2)26-21(3)14-13-15-23(26)33/h6-7,13-15,22,24-25,27,36H,1-2,8-12,16-20H2,3-5H3/t22?,24-,25-,27?,31+,32?/m0/s1. The fraction of sp³-hybridized carbons (Fsp3) is 0.594. The molecule has 3 heterocycles. The predicted octanol–water partition coefficient (Wildman–Crippen LogP) is 4.85. The van der Waals surface area contributed by atoms with Gasteiger partial charge in [-0.05, 0) is 69.9 Å². The fourth-order valence-corrected chi connectivity index (χ4v) is 7.53. The fourth-order valence-electron chi connectivity index (χ4n) is 7.21. The van der Waals surface area contributed by atoms with Gasteiger partial charge in [-0.25, -0.2) is 0 Å². The minimum absolute atomic E-state index is 0.0561. The molecule has 4 rings (SSSR count). The van der Waals surface area contributed by atoms with Gasteiger partial charge in [0.05, 0.1) is 28.8 Å². The average molecular weight is 587 g/mol. The van der Waals surface area contributed by atoms with Crippen LogP contribution in [0.1, 0.15) is 57.9 Å². The van der Waals surface area contributed by atoms with Gasteiger partial charge < -0.3 is 24.4 Å². The molecular formula is C32H43ClN2O6. The molecule has 1 aromatic carbocycles. The van der Waals surface area contributed by atoms with Crippen LogP contribution in [0.25, 0.3) is 0 Å². The minimum Gasteiger partial charge on any atom is -0.465 e. The van der Waals surface area contributed by atoms with Crippen molar-refractivity contribution in [2.24, 2.45) is 17.8 Å². The molecule has 1 N–H and O–H groups in total. The molecule has 0 aliphatic carbocycles. The molecule has 3 fully saturated rings. The van der Waals surface area contributed by atoms with E-state index in [-0.39, 0.29) is 37.5 Å². The number of hydrogen-bond donors (Lipinski definition) is 1. The number of esters is 1. The topological polar surface area (TPSA) is 96.4 Å². The molecule has 2 bridgehead atoms. The number of rotatable bonds is 14. The van der Waals surface area contributed by atoms with Crippen LogP contribution in [0.3, 0.4) is 0 Å². The van der Waals surface area contributed by atoms with E-state index in [1.54, 1.807) is 28.0 Å². The van der Waals surface area contributed by atoms with Crippen LogP contribution in [0.2, 0.25) is 5.02 Å². The highest BCUT2D eigenvalue weighted by molar-refractivity contribution is 6.34. The summed E-state index contributed by atoms with van der Waals surface area (Å²) in [6.07, 6.45) is 7.14. The van der Waals surface area contributed by atoms with Crippen LogP contribution in [0.5, 0.6) is 0 Å². The zero-order valence-corrected chi connectivity index (χ0v) is 25.2. The van der Waals surface area contributed by atoms with E-state index in [0.29, 0.717) is 55.8 Å². The van der Waals surface area contributed by atoms with Crippen molar-refractivity contribution >= 4 is 35.1 Å². The van der Waals surface area contributed by atoms with Crippen LogP contribution >= 0.6 is 11.6 Å². The molecule has 3 unspecified atom stereocenters. The van der Waals surface area contributed by atoms with Crippen LogP contribution in [0.15, 0.2) is 43.5 Å². The number of amides is 2. The number of aliphatic hydroxyl groups is 1. The van der Waals surface area contributed by atoms with Crippen LogP contribution in [0.4, 0.5) is 5.69 Å². The lowest BCUT2D eigenvalue weighted by molar-refractivity contribution is -0.161. The number of allylic oxidation sites excluding steroid dienone is 1. The van der Waals surface area contributed by atoms with E-state index < -0.39 is 35.0 Å². The number of aliphatic hydroxyl groups excluding tert-OH is 1. The third-order valence-corrected chi connectivity index (χ3v) is 9.50. The monoisotopic (exact) mass is 586 g/mol. The molecule has 3 aliphatic heterocycles. The molecule has 8 nitrogen and oxygen atoms in total. The number of ether oxygens (including phenoxy) is 2. The summed E-state index contributed by atoms with van der Waals surface area (Å²) in [5, 5.41) is 9.72. The summed E-state index contributed by atoms with van der Waals surface area (Å²) in [7, 11) is 0. The van der Waals surface area contributed by atoms with Gasteiger partial charge in [-0.2, -0.15) is 0 Å². The van der Waals surface area contributed by atoms with E-state index in [4.69, 9.17) is 21.1 Å². The lowest BCUT2D eigenvalue weighted by atomic mass is 9.62. The number of carbonyl (C=O) groups is 3. The molecule has 6 atom stereocenters. The van der Waals surface area contributed by atoms with Gasteiger partial charge in [-0.3, -0.25) is 14.4 Å². The average Bonchev–Trinajstić information content (AvgIpc) is 3.44. The Hall–Kier alpha value is -2.68. The van der Waals surface area contributed by atoms with Crippen LogP contribution < -0.4 is 4.90 Å². The van der Waals surface area contributed by atoms with Gasteiger partial charge in [0.25, 0.3) is 5.91 Å². The Morgan fingerprint density at radius 3 is 2.66 bits per heavy atom. The number of halogens is 1. The quantitative estimate of drug-likeness (QED) is 0.190. The van der Waals surface area contributed by atoms with Crippen molar-refractivity contribution in [1.82, 2.24) is 4.90 Å². The van der Waals surface area contributed by atoms with Gasteiger partial charge >= 0.3 is 5.97 Å². The van der Waals surface area contributed by atoms with Gasteiger partial charge in [-0.1, -0.05) is 42.8 Å². The summed E-state index contributed by atoms with van der Waals surface area (Å²) in [6, 6.07) is 4.50. The maximum Gasteiger partial charge on any atom is 0.312 e. The van der Waals surface area contributed by atoms with Crippen molar-refractivity contribution in [1.29, 1.82) is 0 Å². The first-order valence-corrected chi connectivity index (χ1v) is 15.0. The highest BCUT2D eigenvalue weighted by atomic mass is 35.5. The summed E-state index contributed by atoms with van der Waals surface area (Å²) in [5.74, 6) is -2.77. The van der Waals surface area contributed by atoms with Gasteiger partial charge in [0, 0.05) is 19.7 Å². The van der Waals surface area contributed by atoms with Crippen molar-refractivity contribution in [3.05, 3.63) is 54.1 Å². The summed E-state index contributed by atoms with van der Waals surface area (Å²) in [4.78, 5) is 45.8. The Labute approximate surface area is 248 Å². The van der Waals surface area contributed by atoms with E-state index in [2.05, 4.69) is 13.2 Å². The Morgan fingerprint density at radius 1 is 1.24 bits per heavy atom. The molecule has 0 aromatic heterocycles. The number of nitrogens with zero attached hydrogens (tertiary/aromatic N) is 2. The number of hydrogen-bond acceptors (Lipinski definition) is 6. The molecule has 41 heavy (non-hydrogen) atoms. The Balaban J connectivity index is 1.77. The van der Waals surface area contributed by atoms with Crippen molar-refractivity contribution in [2.75, 3.05) is 31.2 Å². The maximum atomic E-state index is 14.7. The Kier molecular flexibility index (Phi) is 9.66. The smallest absolute Gasteiger partial charge is 0.312 e. The zero-order chi connectivity index (χ0) is 29.9. The highest BCUT2D eigenvalue weighted by Crippen LogP contribution is 2.65. The number of fused-ring (bicyclic) bond motifs is 1. The van der Waals surface area contributed by atoms with E-state index >= 15 is 0 Å². The van der Waals surface area contributed by atoms with Crippen molar-refractivity contribution < 1.29 is 29.0 Å². The molecule has 0 radical (unpaired) electrons. The normalized spacial score (nSPS) is 29.9. The van der Waals surface area contributed by atoms with Crippen molar-refractivity contribution in [2.45, 2.75) is 76.5 Å². The van der Waals surface area contributed by atoms with Crippen molar-refractivity contribution in [3.8, 4) is 0 Å². The number of para-hydroxylation sites is 1. The first-order chi connectivity index (χ1) is 19.6. The molecule has 3 aliphatic rings. The van der Waals surface area contributed by atoms with Gasteiger partial charge in [0.1, 0.15) is 17.6 Å². The number of likely N-dealkylation sites (tertiary alicyclic amines) is 1. The molecule has 224 valence electrons. The Bertz CT molecular complexity index is 1170. The summed E-state index contributed by atoms with van der Waals surface area (Å²) in [5.41, 5.74) is -0.741. The van der Waals surface area contributed by atoms with Crippen LogP contribution in [-0.4, -0.2) is 71.3 Å². The second-order valence-electron chi connectivity index (χ2n) is 11.8. The zero-order valence-electron chi connectivity index (χ0n) is 24.4. The molecule has 1 aromatic rings. The van der Waals surface area contributed by atoms with Gasteiger partial charge in [-0.15, -0.1) is 13.2 Å². The second kappa shape index (κ2) is 12.7. The minimum atomic E-state index is -1.18. The lowest BCUT2D eigenvalue weighted by Gasteiger charge is -2.37. The first-order valence-electron chi connectivity index (χ1n) is 14.7. The lowest BCUT2D eigenvalue weighted by Crippen LogP contribution is -2.57. The van der Waals surface area contributed by atoms with E-state index in [9.17, 15) is 19.5 Å². The predicted molar refractivity (Wildman–Crippen MR) is 159 cm³/mol. The molecule has 2 amide bonds. The van der Waals surface area contributed by atoms with E-state index in [0.717, 1.165) is 5.56 Å². The number of anilines is 1. The molecule has 1 spiro atoms. The molecule has 3 saturated heterocycles. The van der Waals surface area contributed by atoms with Crippen LogP contribution in [0, 0.1) is 24.7 Å². The number of carbonyl (C=O) groups excluding carboxylic acids is 3. The summed E-state index contributed by atoms with van der Waals surface area (Å²) < 4.78 is 12.5. The van der Waals surface area contributed by atoms with Gasteiger partial charge in [0.2, 0.25) is 5.91 Å². The molecule has 9 heteroatoms. The third-order valence-electron chi connectivity index (χ3n) is 9.19. The number of benzene rings is 1. The second-order valence-corrected chi connectivity index (χ2v) is 12.2. The summed E-state index contributed by atoms with van der Waals surface area (Å²) >= 11 is 6.63. The first kappa shape index (κ1) is 31.3. The molecule has 0 saturated carbocycles. The maximum absolute atomic E-state index is 14.7. The SMILES string of the molecule is C=CCCCOC(=O)[C@@H]1[C@H]2C(=O)N(CCCCCO)C(C(=O)N(CC=C)c3c(C)cccc3Cl)C23CC(C)[C@@]1(C)O3. The van der Waals surface area contributed by atoms with Crippen LogP contribution in [-0.2, 0) is 23.9 Å². The van der Waals surface area contributed by atoms with Gasteiger partial charge in [0.15, 0.2) is 0 Å². The number of aryl methyl sites for hydroxylation is 1. The number of unbranched alkanes of at least 4 members (excludes halogenated alkanes) is 3. The molecular weight excluding hydrogens is 544 g/mol. The Morgan fingerprint density at radius 2 is 2.00 bits per heavy atom. The third kappa shape index (κ3) is 5.35. The summed E-state index contributed by atoms with van der Waals surface area (Å²) in [6.45, 7) is 14.1. The van der Waals surface area contributed by atoms with E-state index in [1.165, 1.54) is 0 Å². The van der Waals surface area contributed by atoms with Crippen molar-refractivity contribution in [3.63, 3.8) is 0 Å².